The number of amides is 2. The number of anilines is 2. The lowest BCUT2D eigenvalue weighted by Gasteiger charge is -2.27. The molecule has 0 aromatic heterocycles. The second-order valence-electron chi connectivity index (χ2n) is 8.57. The highest BCUT2D eigenvalue weighted by atomic mass is 32.2. The molecule has 2 amide bonds. The van der Waals surface area contributed by atoms with Gasteiger partial charge in [0.2, 0.25) is 21.8 Å². The first-order valence-electron chi connectivity index (χ1n) is 11.2. The number of hydrogen-bond acceptors (Lipinski definition) is 5. The zero-order valence-corrected chi connectivity index (χ0v) is 20.5. The summed E-state index contributed by atoms with van der Waals surface area (Å²) >= 11 is 1.53. The fourth-order valence-corrected chi connectivity index (χ4v) is 6.82. The Morgan fingerprint density at radius 1 is 1.12 bits per heavy atom. The van der Waals surface area contributed by atoms with Crippen LogP contribution in [-0.2, 0) is 19.6 Å². The van der Waals surface area contributed by atoms with Crippen LogP contribution in [0.25, 0.3) is 0 Å². The highest BCUT2D eigenvalue weighted by Crippen LogP contribution is 2.39. The van der Waals surface area contributed by atoms with Crippen LogP contribution in [0.1, 0.15) is 38.2 Å². The van der Waals surface area contributed by atoms with Gasteiger partial charge in [0.1, 0.15) is 6.54 Å². The summed E-state index contributed by atoms with van der Waals surface area (Å²) in [6, 6.07) is 12.4. The van der Waals surface area contributed by atoms with Crippen LogP contribution in [0.4, 0.5) is 11.4 Å². The number of fused-ring (bicyclic) bond motifs is 1. The lowest BCUT2D eigenvalue weighted by atomic mass is 10.2. The molecule has 2 aliphatic rings. The average Bonchev–Trinajstić information content (AvgIpc) is 2.90. The van der Waals surface area contributed by atoms with E-state index in [0.717, 1.165) is 29.7 Å². The first-order chi connectivity index (χ1) is 15.8. The first kappa shape index (κ1) is 23.8. The lowest BCUT2D eigenvalue weighted by Crippen LogP contribution is -2.39. The van der Waals surface area contributed by atoms with E-state index in [-0.39, 0.29) is 34.9 Å². The highest BCUT2D eigenvalue weighted by molar-refractivity contribution is 8.00. The van der Waals surface area contributed by atoms with Crippen molar-refractivity contribution in [2.45, 2.75) is 54.6 Å². The van der Waals surface area contributed by atoms with Gasteiger partial charge in [-0.25, -0.2) is 8.42 Å². The molecule has 9 heteroatoms. The van der Waals surface area contributed by atoms with Crippen LogP contribution in [0.3, 0.4) is 0 Å². The van der Waals surface area contributed by atoms with Crippen LogP contribution >= 0.6 is 11.8 Å². The summed E-state index contributed by atoms with van der Waals surface area (Å²) in [6.07, 6.45) is 3.00. The molecule has 1 N–H and O–H groups in total. The molecule has 0 bridgehead atoms. The Bertz CT molecular complexity index is 1160. The molecule has 0 spiro atoms. The number of piperidine rings is 1. The molecule has 1 atom stereocenters. The predicted octanol–water partition coefficient (Wildman–Crippen LogP) is 4.03. The van der Waals surface area contributed by atoms with Crippen molar-refractivity contribution in [1.29, 1.82) is 0 Å². The fraction of sp³-hybridized carbons (Fsp3) is 0.417. The molecular formula is C24H29N3O4S2. The van der Waals surface area contributed by atoms with Crippen LogP contribution in [0.2, 0.25) is 0 Å². The van der Waals surface area contributed by atoms with Gasteiger partial charge in [-0.1, -0.05) is 31.5 Å². The Hall–Kier alpha value is -2.36. The third kappa shape index (κ3) is 5.26. The summed E-state index contributed by atoms with van der Waals surface area (Å²) in [7, 11) is -3.66. The van der Waals surface area contributed by atoms with Crippen LogP contribution < -0.4 is 10.2 Å². The van der Waals surface area contributed by atoms with Crippen LogP contribution in [0.15, 0.2) is 52.3 Å². The van der Waals surface area contributed by atoms with E-state index in [0.29, 0.717) is 24.5 Å². The third-order valence-electron chi connectivity index (χ3n) is 5.99. The molecular weight excluding hydrogens is 458 g/mol. The summed E-state index contributed by atoms with van der Waals surface area (Å²) in [6.45, 7) is 4.69. The second-order valence-corrected chi connectivity index (χ2v) is 12.0. The maximum absolute atomic E-state index is 13.2. The summed E-state index contributed by atoms with van der Waals surface area (Å²) in [5, 5.41) is 2.89. The molecule has 33 heavy (non-hydrogen) atoms. The van der Waals surface area contributed by atoms with Crippen molar-refractivity contribution < 1.29 is 18.0 Å². The number of carbonyl (C=O) groups excluding carboxylic acids is 2. The Morgan fingerprint density at radius 3 is 2.58 bits per heavy atom. The SMILES string of the molecule is Cc1ccccc1NC(=O)CN1C(=O)C[C@H](C)Sc2ccc(S(=O)(=O)N3CCCCC3)cc21. The van der Waals surface area contributed by atoms with Crippen molar-refractivity contribution in [2.24, 2.45) is 0 Å². The van der Waals surface area contributed by atoms with E-state index in [2.05, 4.69) is 5.32 Å². The fourth-order valence-electron chi connectivity index (χ4n) is 4.19. The first-order valence-corrected chi connectivity index (χ1v) is 13.5. The number of para-hydroxylation sites is 1. The van der Waals surface area contributed by atoms with Gasteiger partial charge in [-0.2, -0.15) is 4.31 Å². The molecule has 0 saturated carbocycles. The van der Waals surface area contributed by atoms with E-state index >= 15 is 0 Å². The van der Waals surface area contributed by atoms with Gasteiger partial charge in [0, 0.05) is 35.3 Å². The molecule has 4 rings (SSSR count). The Balaban J connectivity index is 1.65. The monoisotopic (exact) mass is 487 g/mol. The Labute approximate surface area is 199 Å². The van der Waals surface area contributed by atoms with E-state index < -0.39 is 10.0 Å². The molecule has 2 aromatic rings. The number of rotatable bonds is 5. The van der Waals surface area contributed by atoms with E-state index in [4.69, 9.17) is 0 Å². The molecule has 1 fully saturated rings. The molecule has 7 nitrogen and oxygen atoms in total. The van der Waals surface area contributed by atoms with Crippen molar-refractivity contribution in [3.05, 3.63) is 48.0 Å². The van der Waals surface area contributed by atoms with Gasteiger partial charge in [0.15, 0.2) is 0 Å². The van der Waals surface area contributed by atoms with Gasteiger partial charge in [-0.05, 0) is 49.6 Å². The Kier molecular flexibility index (Phi) is 7.11. The minimum atomic E-state index is -3.66. The quantitative estimate of drug-likeness (QED) is 0.688. The smallest absolute Gasteiger partial charge is 0.244 e. The number of nitrogens with zero attached hydrogens (tertiary/aromatic N) is 2. The maximum atomic E-state index is 13.2. The molecule has 0 aliphatic carbocycles. The summed E-state index contributed by atoms with van der Waals surface area (Å²) in [5.41, 5.74) is 2.09. The van der Waals surface area contributed by atoms with Crippen molar-refractivity contribution in [3.63, 3.8) is 0 Å². The maximum Gasteiger partial charge on any atom is 0.244 e. The summed E-state index contributed by atoms with van der Waals surface area (Å²) < 4.78 is 28.0. The van der Waals surface area contributed by atoms with E-state index in [1.807, 2.05) is 38.1 Å². The van der Waals surface area contributed by atoms with Crippen LogP contribution in [0.5, 0.6) is 0 Å². The van der Waals surface area contributed by atoms with Gasteiger partial charge >= 0.3 is 0 Å². The number of nitrogens with one attached hydrogen (secondary N) is 1. The van der Waals surface area contributed by atoms with Crippen LogP contribution in [-0.4, -0.2) is 49.4 Å². The second kappa shape index (κ2) is 9.87. The van der Waals surface area contributed by atoms with Crippen molar-refractivity contribution in [1.82, 2.24) is 4.31 Å². The zero-order chi connectivity index (χ0) is 23.6. The van der Waals surface area contributed by atoms with Gasteiger partial charge in [-0.15, -0.1) is 11.8 Å². The van der Waals surface area contributed by atoms with Gasteiger partial charge in [0.05, 0.1) is 10.6 Å². The van der Waals surface area contributed by atoms with Crippen LogP contribution in [0, 0.1) is 6.92 Å². The third-order valence-corrected chi connectivity index (χ3v) is 9.05. The number of thioether (sulfide) groups is 1. The topological polar surface area (TPSA) is 86.8 Å². The normalized spacial score (nSPS) is 19.6. The van der Waals surface area contributed by atoms with Gasteiger partial charge < -0.3 is 10.2 Å². The van der Waals surface area contributed by atoms with E-state index in [1.54, 1.807) is 18.2 Å². The number of sulfonamides is 1. The Morgan fingerprint density at radius 2 is 1.85 bits per heavy atom. The summed E-state index contributed by atoms with van der Waals surface area (Å²) in [4.78, 5) is 28.3. The number of hydrogen-bond donors (Lipinski definition) is 1. The largest absolute Gasteiger partial charge is 0.324 e. The molecule has 2 aromatic carbocycles. The standard InChI is InChI=1S/C24H29N3O4S2/c1-17-8-4-5-9-20(17)25-23(28)16-27-21-15-19(33(30,31)26-12-6-3-7-13-26)10-11-22(21)32-18(2)14-24(27)29/h4-5,8-11,15,18H,3,6-7,12-14,16H2,1-2H3,(H,25,28)/t18-/m0/s1. The number of carbonyl (C=O) groups is 2. The average molecular weight is 488 g/mol. The van der Waals surface area contributed by atoms with Gasteiger partial charge in [0.25, 0.3) is 0 Å². The highest BCUT2D eigenvalue weighted by Gasteiger charge is 2.31. The van der Waals surface area contributed by atoms with Crippen molar-refractivity contribution >= 4 is 45.0 Å². The molecule has 1 saturated heterocycles. The van der Waals surface area contributed by atoms with Crippen molar-refractivity contribution in [2.75, 3.05) is 29.9 Å². The molecule has 2 heterocycles. The zero-order valence-electron chi connectivity index (χ0n) is 18.9. The molecule has 0 unspecified atom stereocenters. The molecule has 176 valence electrons. The van der Waals surface area contributed by atoms with Gasteiger partial charge in [-0.3, -0.25) is 9.59 Å². The minimum absolute atomic E-state index is 0.0187. The molecule has 0 radical (unpaired) electrons. The predicted molar refractivity (Wildman–Crippen MR) is 131 cm³/mol. The molecule has 2 aliphatic heterocycles. The minimum Gasteiger partial charge on any atom is -0.324 e. The summed E-state index contributed by atoms with van der Waals surface area (Å²) in [5.74, 6) is -0.520. The number of aryl methyl sites for hydroxylation is 1. The van der Waals surface area contributed by atoms with Crippen molar-refractivity contribution in [3.8, 4) is 0 Å². The lowest BCUT2D eigenvalue weighted by molar-refractivity contribution is -0.121. The van der Waals surface area contributed by atoms with E-state index in [9.17, 15) is 18.0 Å². The van der Waals surface area contributed by atoms with E-state index in [1.165, 1.54) is 21.0 Å². The number of benzene rings is 2.